The summed E-state index contributed by atoms with van der Waals surface area (Å²) in [7, 11) is 0. The van der Waals surface area contributed by atoms with Crippen molar-refractivity contribution in [3.8, 4) is 6.07 Å². The number of aliphatic hydroxyl groups is 1. The average Bonchev–Trinajstić information content (AvgIpc) is 2.30. The van der Waals surface area contributed by atoms with E-state index in [9.17, 15) is 8.78 Å². The molecule has 0 spiro atoms. The molecule has 0 saturated heterocycles. The van der Waals surface area contributed by atoms with E-state index in [1.165, 1.54) is 0 Å². The molecule has 16 heavy (non-hydrogen) atoms. The van der Waals surface area contributed by atoms with Crippen LogP contribution in [0.25, 0.3) is 0 Å². The molecule has 5 heteroatoms. The second kappa shape index (κ2) is 5.54. The van der Waals surface area contributed by atoms with Crippen LogP contribution >= 0.6 is 0 Å². The van der Waals surface area contributed by atoms with Crippen LogP contribution in [0.2, 0.25) is 0 Å². The predicted octanol–water partition coefficient (Wildman–Crippen LogP) is 1.28. The fourth-order valence-electron chi connectivity index (χ4n) is 1.14. The number of alkyl halides is 2. The maximum absolute atomic E-state index is 12.6. The molecule has 1 rings (SSSR count). The molecule has 0 aromatic heterocycles. The normalized spacial score (nSPS) is 11.1. The molecule has 0 radical (unpaired) electrons. The summed E-state index contributed by atoms with van der Waals surface area (Å²) in [5, 5.41) is 19.4. The number of nitrogens with zero attached hydrogens (tertiary/aromatic N) is 1. The number of hydrogen-bond acceptors (Lipinski definition) is 3. The standard InChI is InChI=1S/C11H12F2N2O/c12-11(13,8-16)7-15-6-10-3-1-9(5-14)2-4-10/h1-4,15-16H,6-8H2. The molecule has 0 unspecified atom stereocenters. The fraction of sp³-hybridized carbons (Fsp3) is 0.364. The van der Waals surface area contributed by atoms with E-state index < -0.39 is 19.1 Å². The van der Waals surface area contributed by atoms with Gasteiger partial charge >= 0.3 is 0 Å². The highest BCUT2D eigenvalue weighted by Crippen LogP contribution is 2.10. The van der Waals surface area contributed by atoms with Gasteiger partial charge in [-0.15, -0.1) is 0 Å². The van der Waals surface area contributed by atoms with Crippen molar-refractivity contribution < 1.29 is 13.9 Å². The van der Waals surface area contributed by atoms with Crippen molar-refractivity contribution in [2.75, 3.05) is 13.2 Å². The lowest BCUT2D eigenvalue weighted by Crippen LogP contribution is -2.35. The van der Waals surface area contributed by atoms with E-state index in [1.54, 1.807) is 24.3 Å². The van der Waals surface area contributed by atoms with Crippen LogP contribution in [0.5, 0.6) is 0 Å². The molecule has 0 aliphatic rings. The first-order valence-corrected chi connectivity index (χ1v) is 4.76. The summed E-state index contributed by atoms with van der Waals surface area (Å²) in [5.74, 6) is -3.09. The number of nitrogens with one attached hydrogen (secondary N) is 1. The summed E-state index contributed by atoms with van der Waals surface area (Å²) in [6.07, 6.45) is 0. The lowest BCUT2D eigenvalue weighted by molar-refractivity contribution is -0.0477. The van der Waals surface area contributed by atoms with E-state index in [0.717, 1.165) is 5.56 Å². The Morgan fingerprint density at radius 2 is 1.94 bits per heavy atom. The fourth-order valence-corrected chi connectivity index (χ4v) is 1.14. The van der Waals surface area contributed by atoms with Gasteiger partial charge in [-0.05, 0) is 17.7 Å². The monoisotopic (exact) mass is 226 g/mol. The number of aliphatic hydroxyl groups excluding tert-OH is 1. The molecule has 3 nitrogen and oxygen atoms in total. The Kier molecular flexibility index (Phi) is 4.35. The Labute approximate surface area is 92.3 Å². The summed E-state index contributed by atoms with van der Waals surface area (Å²) in [6.45, 7) is -1.45. The zero-order chi connectivity index (χ0) is 12.0. The molecular weight excluding hydrogens is 214 g/mol. The SMILES string of the molecule is N#Cc1ccc(CNCC(F)(F)CO)cc1. The molecule has 86 valence electrons. The van der Waals surface area contributed by atoms with Gasteiger partial charge in [0.2, 0.25) is 0 Å². The maximum atomic E-state index is 12.6. The summed E-state index contributed by atoms with van der Waals surface area (Å²) in [6, 6.07) is 8.62. The minimum Gasteiger partial charge on any atom is -0.390 e. The molecule has 0 heterocycles. The van der Waals surface area contributed by atoms with E-state index >= 15 is 0 Å². The first kappa shape index (κ1) is 12.6. The molecule has 0 amide bonds. The minimum atomic E-state index is -3.09. The first-order valence-electron chi connectivity index (χ1n) is 4.76. The van der Waals surface area contributed by atoms with Crippen LogP contribution in [-0.4, -0.2) is 24.2 Å². The van der Waals surface area contributed by atoms with E-state index in [2.05, 4.69) is 5.32 Å². The molecule has 0 atom stereocenters. The lowest BCUT2D eigenvalue weighted by atomic mass is 10.1. The quantitative estimate of drug-likeness (QED) is 0.795. The molecule has 0 saturated carbocycles. The van der Waals surface area contributed by atoms with Crippen molar-refractivity contribution in [2.24, 2.45) is 0 Å². The topological polar surface area (TPSA) is 56.0 Å². The van der Waals surface area contributed by atoms with Crippen LogP contribution < -0.4 is 5.32 Å². The zero-order valence-corrected chi connectivity index (χ0v) is 8.58. The van der Waals surface area contributed by atoms with Gasteiger partial charge in [0.25, 0.3) is 5.92 Å². The van der Waals surface area contributed by atoms with E-state index in [0.29, 0.717) is 5.56 Å². The number of halogens is 2. The Balaban J connectivity index is 2.41. The Bertz CT molecular complexity index is 371. The number of nitriles is 1. The van der Waals surface area contributed by atoms with Gasteiger partial charge < -0.3 is 10.4 Å². The summed E-state index contributed by atoms with van der Waals surface area (Å²) in [4.78, 5) is 0. The zero-order valence-electron chi connectivity index (χ0n) is 8.58. The van der Waals surface area contributed by atoms with Crippen molar-refractivity contribution in [1.82, 2.24) is 5.32 Å². The van der Waals surface area contributed by atoms with Gasteiger partial charge in [0.05, 0.1) is 18.2 Å². The van der Waals surface area contributed by atoms with Gasteiger partial charge in [-0.2, -0.15) is 5.26 Å². The van der Waals surface area contributed by atoms with Gasteiger partial charge in [-0.25, -0.2) is 8.78 Å². The van der Waals surface area contributed by atoms with Crippen molar-refractivity contribution in [1.29, 1.82) is 5.26 Å². The molecule has 0 fully saturated rings. The van der Waals surface area contributed by atoms with Crippen LogP contribution in [-0.2, 0) is 6.54 Å². The third-order valence-electron chi connectivity index (χ3n) is 2.03. The van der Waals surface area contributed by atoms with Gasteiger partial charge in [0.1, 0.15) is 6.61 Å². The van der Waals surface area contributed by atoms with E-state index in [-0.39, 0.29) is 6.54 Å². The Morgan fingerprint density at radius 1 is 1.31 bits per heavy atom. The van der Waals surface area contributed by atoms with Gasteiger partial charge in [0.15, 0.2) is 0 Å². The second-order valence-corrected chi connectivity index (χ2v) is 3.43. The summed E-state index contributed by atoms with van der Waals surface area (Å²) in [5.41, 5.74) is 1.34. The highest BCUT2D eigenvalue weighted by molar-refractivity contribution is 5.31. The molecule has 2 N–H and O–H groups in total. The predicted molar refractivity (Wildman–Crippen MR) is 54.9 cm³/mol. The molecule has 1 aromatic carbocycles. The molecule has 0 aliphatic heterocycles. The lowest BCUT2D eigenvalue weighted by Gasteiger charge is -2.13. The van der Waals surface area contributed by atoms with Gasteiger partial charge in [-0.1, -0.05) is 12.1 Å². The molecule has 0 bridgehead atoms. The molecule has 0 aliphatic carbocycles. The molecule has 1 aromatic rings. The second-order valence-electron chi connectivity index (χ2n) is 3.43. The Hall–Kier alpha value is -1.51. The van der Waals surface area contributed by atoms with Gasteiger partial charge in [0, 0.05) is 6.54 Å². The summed E-state index contributed by atoms with van der Waals surface area (Å²) >= 11 is 0. The maximum Gasteiger partial charge on any atom is 0.282 e. The van der Waals surface area contributed by atoms with E-state index in [4.69, 9.17) is 10.4 Å². The largest absolute Gasteiger partial charge is 0.390 e. The smallest absolute Gasteiger partial charge is 0.282 e. The van der Waals surface area contributed by atoms with Crippen molar-refractivity contribution in [2.45, 2.75) is 12.5 Å². The number of benzene rings is 1. The van der Waals surface area contributed by atoms with Crippen LogP contribution in [0.3, 0.4) is 0 Å². The first-order chi connectivity index (χ1) is 7.57. The number of rotatable bonds is 5. The minimum absolute atomic E-state index is 0.279. The average molecular weight is 226 g/mol. The van der Waals surface area contributed by atoms with Crippen LogP contribution in [0.15, 0.2) is 24.3 Å². The van der Waals surface area contributed by atoms with Crippen LogP contribution in [0.1, 0.15) is 11.1 Å². The Morgan fingerprint density at radius 3 is 2.44 bits per heavy atom. The van der Waals surface area contributed by atoms with Crippen LogP contribution in [0.4, 0.5) is 8.78 Å². The van der Waals surface area contributed by atoms with E-state index in [1.807, 2.05) is 6.07 Å². The van der Waals surface area contributed by atoms with Crippen molar-refractivity contribution in [3.63, 3.8) is 0 Å². The van der Waals surface area contributed by atoms with Crippen molar-refractivity contribution in [3.05, 3.63) is 35.4 Å². The highest BCUT2D eigenvalue weighted by Gasteiger charge is 2.26. The highest BCUT2D eigenvalue weighted by atomic mass is 19.3. The summed E-state index contributed by atoms with van der Waals surface area (Å²) < 4.78 is 25.2. The van der Waals surface area contributed by atoms with Crippen LogP contribution in [0, 0.1) is 11.3 Å². The van der Waals surface area contributed by atoms with Gasteiger partial charge in [-0.3, -0.25) is 0 Å². The number of hydrogen-bond donors (Lipinski definition) is 2. The van der Waals surface area contributed by atoms with Crippen molar-refractivity contribution >= 4 is 0 Å². The molecular formula is C11H12F2N2O. The third kappa shape index (κ3) is 3.93. The third-order valence-corrected chi connectivity index (χ3v) is 2.03.